The van der Waals surface area contributed by atoms with Crippen LogP contribution in [0.1, 0.15) is 15.9 Å². The lowest BCUT2D eigenvalue weighted by molar-refractivity contribution is -0.605. The van der Waals surface area contributed by atoms with Crippen LogP contribution in [0.25, 0.3) is 0 Å². The third-order valence-electron chi connectivity index (χ3n) is 2.01. The van der Waals surface area contributed by atoms with Crippen LogP contribution in [-0.2, 0) is 0 Å². The molecule has 0 aliphatic carbocycles. The van der Waals surface area contributed by atoms with E-state index in [0.717, 1.165) is 0 Å². The molecule has 2 heterocycles. The van der Waals surface area contributed by atoms with E-state index in [2.05, 4.69) is 4.98 Å². The van der Waals surface area contributed by atoms with Gasteiger partial charge >= 0.3 is 0 Å². The summed E-state index contributed by atoms with van der Waals surface area (Å²) in [5.41, 5.74) is 1.06. The Labute approximate surface area is 86.4 Å². The highest BCUT2D eigenvalue weighted by Crippen LogP contribution is 2.06. The molecule has 2 aromatic rings. The van der Waals surface area contributed by atoms with Gasteiger partial charge in [-0.1, -0.05) is 0 Å². The number of hydrogen-bond acceptors (Lipinski definition) is 3. The van der Waals surface area contributed by atoms with Crippen molar-refractivity contribution in [2.24, 2.45) is 0 Å². The predicted molar refractivity (Wildman–Crippen MR) is 53.1 cm³/mol. The van der Waals surface area contributed by atoms with Gasteiger partial charge in [0.05, 0.1) is 0 Å². The van der Waals surface area contributed by atoms with Gasteiger partial charge in [0, 0.05) is 35.7 Å². The summed E-state index contributed by atoms with van der Waals surface area (Å²) >= 11 is 0. The quantitative estimate of drug-likeness (QED) is 0.412. The van der Waals surface area contributed by atoms with E-state index in [-0.39, 0.29) is 5.78 Å². The Morgan fingerprint density at radius 3 is 2.20 bits per heavy atom. The minimum atomic E-state index is -0.113. The van der Waals surface area contributed by atoms with E-state index in [0.29, 0.717) is 15.9 Å². The normalized spacial score (nSPS) is 9.87. The van der Waals surface area contributed by atoms with Crippen LogP contribution in [-0.4, -0.2) is 10.8 Å². The largest absolute Gasteiger partial charge is 0.619 e. The Morgan fingerprint density at radius 2 is 1.60 bits per heavy atom. The molecule has 15 heavy (non-hydrogen) atoms. The van der Waals surface area contributed by atoms with Gasteiger partial charge in [-0.05, 0) is 12.1 Å². The van der Waals surface area contributed by atoms with Gasteiger partial charge in [-0.2, -0.15) is 4.73 Å². The van der Waals surface area contributed by atoms with Gasteiger partial charge in [-0.15, -0.1) is 0 Å². The molecule has 2 rings (SSSR count). The first-order chi connectivity index (χ1) is 7.27. The number of carbonyl (C=O) groups is 1. The fourth-order valence-electron chi connectivity index (χ4n) is 1.23. The van der Waals surface area contributed by atoms with Gasteiger partial charge < -0.3 is 5.21 Å². The Bertz CT molecular complexity index is 466. The number of hydrogen-bond donors (Lipinski definition) is 0. The molecular formula is C11H8N2O2. The number of aromatic nitrogens is 2. The highest BCUT2D eigenvalue weighted by Gasteiger charge is 2.08. The second-order valence-corrected chi connectivity index (χ2v) is 3.01. The molecule has 0 atom stereocenters. The molecule has 0 radical (unpaired) electrons. The van der Waals surface area contributed by atoms with Crippen molar-refractivity contribution in [3.8, 4) is 0 Å². The second kappa shape index (κ2) is 3.88. The molecule has 74 valence electrons. The summed E-state index contributed by atoms with van der Waals surface area (Å²) < 4.78 is 0.642. The average molecular weight is 200 g/mol. The molecule has 0 amide bonds. The molecule has 0 fully saturated rings. The van der Waals surface area contributed by atoms with Crippen LogP contribution in [0, 0.1) is 5.21 Å². The first-order valence-electron chi connectivity index (χ1n) is 4.41. The predicted octanol–water partition coefficient (Wildman–Crippen LogP) is 0.946. The molecule has 0 bridgehead atoms. The average Bonchev–Trinajstić information content (AvgIpc) is 2.30. The summed E-state index contributed by atoms with van der Waals surface area (Å²) in [7, 11) is 0. The second-order valence-electron chi connectivity index (χ2n) is 3.01. The maximum absolute atomic E-state index is 11.8. The van der Waals surface area contributed by atoms with Crippen LogP contribution in [0.5, 0.6) is 0 Å². The molecule has 0 N–H and O–H groups in total. The highest BCUT2D eigenvalue weighted by atomic mass is 16.5. The van der Waals surface area contributed by atoms with Crippen molar-refractivity contribution in [3.05, 3.63) is 65.4 Å². The zero-order chi connectivity index (χ0) is 10.7. The third-order valence-corrected chi connectivity index (χ3v) is 2.01. The van der Waals surface area contributed by atoms with E-state index < -0.39 is 0 Å². The lowest BCUT2D eigenvalue weighted by Crippen LogP contribution is -2.24. The lowest BCUT2D eigenvalue weighted by atomic mass is 10.1. The van der Waals surface area contributed by atoms with Gasteiger partial charge in [-0.3, -0.25) is 9.78 Å². The Morgan fingerprint density at radius 1 is 1.07 bits per heavy atom. The third kappa shape index (κ3) is 1.99. The molecule has 0 saturated heterocycles. The van der Waals surface area contributed by atoms with Crippen molar-refractivity contribution in [1.82, 2.24) is 4.98 Å². The maximum Gasteiger partial charge on any atom is 0.193 e. The summed E-state index contributed by atoms with van der Waals surface area (Å²) in [4.78, 5) is 15.6. The van der Waals surface area contributed by atoms with Gasteiger partial charge in [0.2, 0.25) is 0 Å². The van der Waals surface area contributed by atoms with E-state index in [1.807, 2.05) is 0 Å². The van der Waals surface area contributed by atoms with Crippen molar-refractivity contribution in [2.45, 2.75) is 0 Å². The van der Waals surface area contributed by atoms with Gasteiger partial charge in [0.1, 0.15) is 0 Å². The van der Waals surface area contributed by atoms with Crippen LogP contribution < -0.4 is 4.73 Å². The van der Waals surface area contributed by atoms with E-state index in [1.165, 1.54) is 24.5 Å². The first kappa shape index (κ1) is 9.33. The topological polar surface area (TPSA) is 56.9 Å². The van der Waals surface area contributed by atoms with Gasteiger partial charge in [-0.25, -0.2) is 0 Å². The SMILES string of the molecule is O=C(c1ccncc1)c1cc[n+]([O-])cc1. The number of carbonyl (C=O) groups excluding carboxylic acids is 1. The first-order valence-corrected chi connectivity index (χ1v) is 4.41. The monoisotopic (exact) mass is 200 g/mol. The minimum Gasteiger partial charge on any atom is -0.619 e. The van der Waals surface area contributed by atoms with E-state index in [9.17, 15) is 10.0 Å². The zero-order valence-corrected chi connectivity index (χ0v) is 7.83. The van der Waals surface area contributed by atoms with E-state index >= 15 is 0 Å². The Hall–Kier alpha value is -2.23. The van der Waals surface area contributed by atoms with Crippen LogP contribution >= 0.6 is 0 Å². The smallest absolute Gasteiger partial charge is 0.193 e. The molecule has 0 aromatic carbocycles. The van der Waals surface area contributed by atoms with Crippen molar-refractivity contribution < 1.29 is 9.52 Å². The van der Waals surface area contributed by atoms with E-state index in [1.54, 1.807) is 24.5 Å². The lowest BCUT2D eigenvalue weighted by Gasteiger charge is -2.00. The molecule has 4 heteroatoms. The summed E-state index contributed by atoms with van der Waals surface area (Å²) in [6.45, 7) is 0. The molecule has 0 unspecified atom stereocenters. The van der Waals surface area contributed by atoms with Gasteiger partial charge in [0.25, 0.3) is 0 Å². The fourth-order valence-corrected chi connectivity index (χ4v) is 1.23. The van der Waals surface area contributed by atoms with Crippen LogP contribution in [0.15, 0.2) is 49.1 Å². The molecular weight excluding hydrogens is 192 g/mol. The van der Waals surface area contributed by atoms with Crippen molar-refractivity contribution in [3.63, 3.8) is 0 Å². The number of ketones is 1. The van der Waals surface area contributed by atoms with E-state index in [4.69, 9.17) is 0 Å². The van der Waals surface area contributed by atoms with Crippen LogP contribution in [0.2, 0.25) is 0 Å². The summed E-state index contributed by atoms with van der Waals surface area (Å²) in [5.74, 6) is -0.113. The van der Waals surface area contributed by atoms with Crippen molar-refractivity contribution >= 4 is 5.78 Å². The Kier molecular flexibility index (Phi) is 2.41. The van der Waals surface area contributed by atoms with Crippen molar-refractivity contribution in [1.29, 1.82) is 0 Å². The minimum absolute atomic E-state index is 0.113. The molecule has 0 saturated carbocycles. The van der Waals surface area contributed by atoms with Crippen molar-refractivity contribution in [2.75, 3.05) is 0 Å². The molecule has 2 aromatic heterocycles. The standard InChI is InChI=1S/C11H8N2O2/c14-11(9-1-5-12-6-2-9)10-3-7-13(15)8-4-10/h1-8H. The molecule has 0 aliphatic heterocycles. The highest BCUT2D eigenvalue weighted by molar-refractivity contribution is 6.08. The summed E-state index contributed by atoms with van der Waals surface area (Å²) in [5, 5.41) is 10.8. The zero-order valence-electron chi connectivity index (χ0n) is 7.83. The van der Waals surface area contributed by atoms with Crippen LogP contribution in [0.4, 0.5) is 0 Å². The fraction of sp³-hybridized carbons (Fsp3) is 0. The number of pyridine rings is 2. The molecule has 4 nitrogen and oxygen atoms in total. The summed E-state index contributed by atoms with van der Waals surface area (Å²) in [6, 6.07) is 6.27. The number of nitrogens with zero attached hydrogens (tertiary/aromatic N) is 2. The number of rotatable bonds is 2. The maximum atomic E-state index is 11.8. The van der Waals surface area contributed by atoms with Gasteiger partial charge in [0.15, 0.2) is 18.2 Å². The molecule has 0 spiro atoms. The van der Waals surface area contributed by atoms with Crippen LogP contribution in [0.3, 0.4) is 0 Å². The summed E-state index contributed by atoms with van der Waals surface area (Å²) in [6.07, 6.45) is 5.72. The molecule has 0 aliphatic rings. The Balaban J connectivity index is 2.33.